The smallest absolute Gasteiger partial charge is 0.279 e. The molecule has 0 saturated heterocycles. The number of ether oxygens (including phenoxy) is 1. The first-order valence-corrected chi connectivity index (χ1v) is 9.17. The second-order valence-corrected chi connectivity index (χ2v) is 6.95. The van der Waals surface area contributed by atoms with Crippen LogP contribution in [0.25, 0.3) is 0 Å². The van der Waals surface area contributed by atoms with Crippen molar-refractivity contribution < 1.29 is 9.53 Å². The Kier molecular flexibility index (Phi) is 4.22. The van der Waals surface area contributed by atoms with Crippen LogP contribution in [0.3, 0.4) is 0 Å². The van der Waals surface area contributed by atoms with E-state index >= 15 is 0 Å². The van der Waals surface area contributed by atoms with Gasteiger partial charge in [-0.15, -0.1) is 0 Å². The van der Waals surface area contributed by atoms with E-state index in [1.54, 1.807) is 7.11 Å². The van der Waals surface area contributed by atoms with Gasteiger partial charge in [-0.3, -0.25) is 14.8 Å². The van der Waals surface area contributed by atoms with Crippen LogP contribution < -0.4 is 9.64 Å². The molecule has 1 amide bonds. The number of fused-ring (bicyclic) bond motifs is 1. The van der Waals surface area contributed by atoms with Gasteiger partial charge in [0.2, 0.25) is 0 Å². The molecule has 0 radical (unpaired) electrons. The van der Waals surface area contributed by atoms with E-state index in [4.69, 9.17) is 4.74 Å². The first-order chi connectivity index (χ1) is 13.0. The SMILES string of the molecule is CCc1cc(C2c3c(n[nH]c3C)C(=O)N2c2ccc(C)cc2)ccc1OC. The summed E-state index contributed by atoms with van der Waals surface area (Å²) in [6.45, 7) is 6.11. The lowest BCUT2D eigenvalue weighted by molar-refractivity contribution is 0.0988. The summed E-state index contributed by atoms with van der Waals surface area (Å²) in [5.41, 5.74) is 6.61. The van der Waals surface area contributed by atoms with Crippen LogP contribution >= 0.6 is 0 Å². The largest absolute Gasteiger partial charge is 0.496 e. The van der Waals surface area contributed by atoms with Crippen LogP contribution in [0.15, 0.2) is 42.5 Å². The molecule has 2 heterocycles. The molecule has 0 bridgehead atoms. The molecule has 3 aromatic rings. The van der Waals surface area contributed by atoms with E-state index in [2.05, 4.69) is 23.2 Å². The predicted octanol–water partition coefficient (Wildman–Crippen LogP) is 4.35. The zero-order valence-electron chi connectivity index (χ0n) is 16.0. The number of anilines is 1. The van der Waals surface area contributed by atoms with Gasteiger partial charge in [-0.2, -0.15) is 5.10 Å². The van der Waals surface area contributed by atoms with Gasteiger partial charge in [0.1, 0.15) is 5.75 Å². The van der Waals surface area contributed by atoms with Gasteiger partial charge in [0.25, 0.3) is 5.91 Å². The maximum atomic E-state index is 13.2. The van der Waals surface area contributed by atoms with Crippen molar-refractivity contribution >= 4 is 11.6 Å². The Bertz CT molecular complexity index is 1000. The van der Waals surface area contributed by atoms with Crippen molar-refractivity contribution in [2.24, 2.45) is 0 Å². The minimum Gasteiger partial charge on any atom is -0.496 e. The second kappa shape index (κ2) is 6.58. The van der Waals surface area contributed by atoms with E-state index in [-0.39, 0.29) is 11.9 Å². The van der Waals surface area contributed by atoms with E-state index in [1.165, 1.54) is 0 Å². The highest BCUT2D eigenvalue weighted by atomic mass is 16.5. The van der Waals surface area contributed by atoms with Crippen molar-refractivity contribution in [3.05, 3.63) is 76.1 Å². The molecule has 0 spiro atoms. The van der Waals surface area contributed by atoms with Gasteiger partial charge >= 0.3 is 0 Å². The number of aromatic amines is 1. The Balaban J connectivity index is 1.89. The number of methoxy groups -OCH3 is 1. The maximum absolute atomic E-state index is 13.2. The molecular weight excluding hydrogens is 338 g/mol. The third-order valence-corrected chi connectivity index (χ3v) is 5.26. The summed E-state index contributed by atoms with van der Waals surface area (Å²) >= 11 is 0. The topological polar surface area (TPSA) is 58.2 Å². The first-order valence-electron chi connectivity index (χ1n) is 9.17. The minimum absolute atomic E-state index is 0.0722. The van der Waals surface area contributed by atoms with Gasteiger partial charge in [0, 0.05) is 16.9 Å². The Labute approximate surface area is 159 Å². The van der Waals surface area contributed by atoms with Gasteiger partial charge in [-0.05, 0) is 55.7 Å². The van der Waals surface area contributed by atoms with Crippen molar-refractivity contribution in [1.82, 2.24) is 10.2 Å². The number of hydrogen-bond donors (Lipinski definition) is 1. The van der Waals surface area contributed by atoms with E-state index < -0.39 is 0 Å². The minimum atomic E-state index is -0.204. The Morgan fingerprint density at radius 2 is 1.89 bits per heavy atom. The number of carbonyl (C=O) groups excluding carboxylic acids is 1. The van der Waals surface area contributed by atoms with Gasteiger partial charge in [-0.1, -0.05) is 30.7 Å². The highest BCUT2D eigenvalue weighted by Gasteiger charge is 2.42. The Morgan fingerprint density at radius 1 is 1.15 bits per heavy atom. The van der Waals surface area contributed by atoms with Crippen molar-refractivity contribution in [1.29, 1.82) is 0 Å². The van der Waals surface area contributed by atoms with Crippen molar-refractivity contribution in [3.63, 3.8) is 0 Å². The number of hydrogen-bond acceptors (Lipinski definition) is 3. The lowest BCUT2D eigenvalue weighted by Crippen LogP contribution is -2.29. The number of carbonyl (C=O) groups is 1. The van der Waals surface area contributed by atoms with Crippen LogP contribution in [0.2, 0.25) is 0 Å². The lowest BCUT2D eigenvalue weighted by Gasteiger charge is -2.27. The van der Waals surface area contributed by atoms with Crippen molar-refractivity contribution in [2.75, 3.05) is 12.0 Å². The Morgan fingerprint density at radius 3 is 2.56 bits per heavy atom. The average molecular weight is 361 g/mol. The summed E-state index contributed by atoms with van der Waals surface area (Å²) in [5, 5.41) is 7.26. The fraction of sp³-hybridized carbons (Fsp3) is 0.273. The van der Waals surface area contributed by atoms with Crippen LogP contribution in [0.5, 0.6) is 5.75 Å². The number of nitrogens with one attached hydrogen (secondary N) is 1. The third-order valence-electron chi connectivity index (χ3n) is 5.26. The standard InChI is InChI=1S/C22H23N3O2/c1-5-15-12-16(8-11-18(15)27-4)21-19-14(3)23-24-20(19)22(26)25(21)17-9-6-13(2)7-10-17/h6-12,21H,5H2,1-4H3,(H,23,24). The second-order valence-electron chi connectivity index (χ2n) is 6.95. The third kappa shape index (κ3) is 2.70. The summed E-state index contributed by atoms with van der Waals surface area (Å²) in [6, 6.07) is 14.0. The summed E-state index contributed by atoms with van der Waals surface area (Å²) in [7, 11) is 1.68. The summed E-state index contributed by atoms with van der Waals surface area (Å²) < 4.78 is 5.48. The lowest BCUT2D eigenvalue weighted by atomic mass is 9.96. The predicted molar refractivity (Wildman–Crippen MR) is 106 cm³/mol. The number of benzene rings is 2. The monoisotopic (exact) mass is 361 g/mol. The quantitative estimate of drug-likeness (QED) is 0.752. The number of aryl methyl sites for hydroxylation is 3. The number of nitrogens with zero attached hydrogens (tertiary/aromatic N) is 2. The molecule has 5 heteroatoms. The molecule has 138 valence electrons. The molecule has 27 heavy (non-hydrogen) atoms. The maximum Gasteiger partial charge on any atom is 0.279 e. The van der Waals surface area contributed by atoms with E-state index in [0.29, 0.717) is 5.69 Å². The van der Waals surface area contributed by atoms with Gasteiger partial charge in [0.05, 0.1) is 13.2 Å². The molecule has 0 aliphatic carbocycles. The summed E-state index contributed by atoms with van der Waals surface area (Å²) in [4.78, 5) is 15.0. The number of rotatable bonds is 4. The molecule has 1 unspecified atom stereocenters. The highest BCUT2D eigenvalue weighted by molar-refractivity contribution is 6.10. The number of amides is 1. The average Bonchev–Trinajstić information content (AvgIpc) is 3.20. The van der Waals surface area contributed by atoms with Crippen molar-refractivity contribution in [3.8, 4) is 5.75 Å². The van der Waals surface area contributed by atoms with Gasteiger partial charge in [-0.25, -0.2) is 0 Å². The van der Waals surface area contributed by atoms with Crippen molar-refractivity contribution in [2.45, 2.75) is 33.2 Å². The zero-order chi connectivity index (χ0) is 19.1. The molecule has 0 saturated carbocycles. The van der Waals surface area contributed by atoms with E-state index in [9.17, 15) is 4.79 Å². The first kappa shape index (κ1) is 17.3. The molecule has 1 aliphatic rings. The zero-order valence-corrected chi connectivity index (χ0v) is 16.0. The molecule has 1 atom stereocenters. The number of aromatic nitrogens is 2. The molecule has 1 N–H and O–H groups in total. The van der Waals surface area contributed by atoms with Gasteiger partial charge in [0.15, 0.2) is 5.69 Å². The van der Waals surface area contributed by atoms with Crippen LogP contribution in [-0.2, 0) is 6.42 Å². The molecular formula is C22H23N3O2. The van der Waals surface area contributed by atoms with Gasteiger partial charge < -0.3 is 4.74 Å². The summed E-state index contributed by atoms with van der Waals surface area (Å²) in [6.07, 6.45) is 0.861. The summed E-state index contributed by atoms with van der Waals surface area (Å²) in [5.74, 6) is 0.800. The number of H-pyrrole nitrogens is 1. The molecule has 0 fully saturated rings. The van der Waals surface area contributed by atoms with Crippen LogP contribution in [0.1, 0.15) is 51.4 Å². The fourth-order valence-electron chi connectivity index (χ4n) is 3.83. The molecule has 4 rings (SSSR count). The molecule has 1 aliphatic heterocycles. The van der Waals surface area contributed by atoms with E-state index in [0.717, 1.165) is 45.8 Å². The molecule has 5 nitrogen and oxygen atoms in total. The molecule has 2 aromatic carbocycles. The van der Waals surface area contributed by atoms with Crippen LogP contribution in [0, 0.1) is 13.8 Å². The Hall–Kier alpha value is -3.08. The molecule has 1 aromatic heterocycles. The van der Waals surface area contributed by atoms with Crippen LogP contribution in [-0.4, -0.2) is 23.2 Å². The van der Waals surface area contributed by atoms with E-state index in [1.807, 2.05) is 55.1 Å². The normalized spacial score (nSPS) is 15.9. The fourth-order valence-corrected chi connectivity index (χ4v) is 3.83. The van der Waals surface area contributed by atoms with Crippen LogP contribution in [0.4, 0.5) is 5.69 Å². The highest BCUT2D eigenvalue weighted by Crippen LogP contribution is 2.43.